The predicted molar refractivity (Wildman–Crippen MR) is 119 cm³/mol. The van der Waals surface area contributed by atoms with Crippen LogP contribution in [0.3, 0.4) is 0 Å². The lowest BCUT2D eigenvalue weighted by Crippen LogP contribution is -2.38. The van der Waals surface area contributed by atoms with Crippen molar-refractivity contribution in [3.8, 4) is 29.0 Å². The molecule has 1 aliphatic heterocycles. The quantitative estimate of drug-likeness (QED) is 0.604. The number of carbonyl (C=O) groups is 1. The van der Waals surface area contributed by atoms with Crippen molar-refractivity contribution in [2.75, 3.05) is 44.8 Å². The normalized spacial score (nSPS) is 13.8. The summed E-state index contributed by atoms with van der Waals surface area (Å²) in [4.78, 5) is 22.1. The van der Waals surface area contributed by atoms with E-state index in [0.717, 1.165) is 44.0 Å². The van der Waals surface area contributed by atoms with Gasteiger partial charge in [0.25, 0.3) is 0 Å². The second-order valence-electron chi connectivity index (χ2n) is 7.02. The van der Waals surface area contributed by atoms with Crippen LogP contribution < -0.4 is 10.1 Å². The number of imidazole rings is 1. The number of benzene rings is 2. The van der Waals surface area contributed by atoms with E-state index in [1.807, 2.05) is 48.5 Å². The molecule has 0 atom stereocenters. The SMILES string of the molecule is O=C(C#Cc1ccccc1)Nc1cc(-c2ncc[nH]2)ccc1OCCN1CCOCC1. The van der Waals surface area contributed by atoms with E-state index in [-0.39, 0.29) is 0 Å². The summed E-state index contributed by atoms with van der Waals surface area (Å²) in [6.45, 7) is 4.61. The molecule has 158 valence electrons. The van der Waals surface area contributed by atoms with Gasteiger partial charge in [0.15, 0.2) is 0 Å². The zero-order chi connectivity index (χ0) is 21.3. The fraction of sp³-hybridized carbons (Fsp3) is 0.250. The largest absolute Gasteiger partial charge is 0.490 e. The second kappa shape index (κ2) is 10.4. The van der Waals surface area contributed by atoms with Crippen molar-refractivity contribution in [1.82, 2.24) is 14.9 Å². The number of aromatic amines is 1. The maximum atomic E-state index is 12.5. The van der Waals surface area contributed by atoms with E-state index in [0.29, 0.717) is 23.9 Å². The van der Waals surface area contributed by atoms with Gasteiger partial charge >= 0.3 is 5.91 Å². The zero-order valence-corrected chi connectivity index (χ0v) is 17.1. The first-order valence-corrected chi connectivity index (χ1v) is 10.2. The maximum absolute atomic E-state index is 12.5. The summed E-state index contributed by atoms with van der Waals surface area (Å²) in [5, 5.41) is 2.86. The minimum absolute atomic E-state index is 0.404. The molecule has 0 spiro atoms. The van der Waals surface area contributed by atoms with Gasteiger partial charge in [-0.2, -0.15) is 0 Å². The number of carbonyl (C=O) groups excluding carboxylic acids is 1. The molecule has 4 rings (SSSR count). The van der Waals surface area contributed by atoms with Gasteiger partial charge in [-0.3, -0.25) is 9.69 Å². The van der Waals surface area contributed by atoms with Gasteiger partial charge in [0, 0.05) is 49.1 Å². The number of anilines is 1. The van der Waals surface area contributed by atoms with Gasteiger partial charge in [-0.05, 0) is 30.3 Å². The lowest BCUT2D eigenvalue weighted by Gasteiger charge is -2.26. The Bertz CT molecular complexity index is 1050. The van der Waals surface area contributed by atoms with E-state index in [2.05, 4.69) is 32.0 Å². The molecular formula is C24H24N4O3. The fourth-order valence-corrected chi connectivity index (χ4v) is 3.24. The molecule has 0 radical (unpaired) electrons. The molecule has 1 aliphatic rings. The molecule has 31 heavy (non-hydrogen) atoms. The van der Waals surface area contributed by atoms with Crippen LogP contribution in [0.25, 0.3) is 11.4 Å². The molecule has 7 nitrogen and oxygen atoms in total. The van der Waals surface area contributed by atoms with Crippen LogP contribution in [-0.4, -0.2) is 60.2 Å². The van der Waals surface area contributed by atoms with E-state index in [4.69, 9.17) is 9.47 Å². The molecule has 1 aromatic heterocycles. The van der Waals surface area contributed by atoms with Crippen LogP contribution in [0.5, 0.6) is 5.75 Å². The Labute approximate surface area is 181 Å². The molecule has 2 heterocycles. The maximum Gasteiger partial charge on any atom is 0.300 e. The Kier molecular flexibility index (Phi) is 6.96. The molecule has 3 aromatic rings. The van der Waals surface area contributed by atoms with Gasteiger partial charge in [-0.25, -0.2) is 4.98 Å². The summed E-state index contributed by atoms with van der Waals surface area (Å²) < 4.78 is 11.4. The smallest absolute Gasteiger partial charge is 0.300 e. The van der Waals surface area contributed by atoms with Crippen LogP contribution in [-0.2, 0) is 9.53 Å². The number of rotatable bonds is 6. The molecular weight excluding hydrogens is 392 g/mol. The van der Waals surface area contributed by atoms with Crippen LogP contribution in [0, 0.1) is 11.8 Å². The standard InChI is InChI=1S/C24H24N4O3/c29-23(9-6-19-4-2-1-3-5-19)27-21-18-20(24-25-10-11-26-24)7-8-22(21)31-17-14-28-12-15-30-16-13-28/h1-5,7-8,10-11,18H,12-17H2,(H,25,26)(H,27,29). The van der Waals surface area contributed by atoms with Crippen LogP contribution >= 0.6 is 0 Å². The van der Waals surface area contributed by atoms with E-state index in [9.17, 15) is 4.79 Å². The van der Waals surface area contributed by atoms with Crippen LogP contribution in [0.2, 0.25) is 0 Å². The highest BCUT2D eigenvalue weighted by Gasteiger charge is 2.13. The third kappa shape index (κ3) is 5.95. The number of nitrogens with one attached hydrogen (secondary N) is 2. The van der Waals surface area contributed by atoms with Crippen molar-refractivity contribution in [1.29, 1.82) is 0 Å². The summed E-state index contributed by atoms with van der Waals surface area (Å²) in [6, 6.07) is 15.0. The average Bonchev–Trinajstić information content (AvgIpc) is 3.35. The number of amides is 1. The molecule has 2 N–H and O–H groups in total. The summed E-state index contributed by atoms with van der Waals surface area (Å²) in [7, 11) is 0. The molecule has 0 saturated carbocycles. The lowest BCUT2D eigenvalue weighted by molar-refractivity contribution is -0.111. The van der Waals surface area contributed by atoms with Crippen LogP contribution in [0.15, 0.2) is 60.9 Å². The van der Waals surface area contributed by atoms with E-state index in [1.165, 1.54) is 0 Å². The number of ether oxygens (including phenoxy) is 2. The van der Waals surface area contributed by atoms with Gasteiger partial charge in [0.1, 0.15) is 18.2 Å². The summed E-state index contributed by atoms with van der Waals surface area (Å²) >= 11 is 0. The Hall–Kier alpha value is -3.60. The highest BCUT2D eigenvalue weighted by molar-refractivity contribution is 6.05. The first-order valence-electron chi connectivity index (χ1n) is 10.2. The first-order chi connectivity index (χ1) is 15.3. The van der Waals surface area contributed by atoms with Crippen molar-refractivity contribution in [2.24, 2.45) is 0 Å². The Balaban J connectivity index is 1.47. The third-order valence-corrected chi connectivity index (χ3v) is 4.86. The fourth-order valence-electron chi connectivity index (χ4n) is 3.24. The number of nitrogens with zero attached hydrogens (tertiary/aromatic N) is 2. The molecule has 0 unspecified atom stereocenters. The van der Waals surface area contributed by atoms with E-state index in [1.54, 1.807) is 12.4 Å². The predicted octanol–water partition coefficient (Wildman–Crippen LogP) is 2.78. The number of H-pyrrole nitrogens is 1. The zero-order valence-electron chi connectivity index (χ0n) is 17.1. The molecule has 0 aliphatic carbocycles. The first kappa shape index (κ1) is 20.7. The molecule has 7 heteroatoms. The van der Waals surface area contributed by atoms with Crippen molar-refractivity contribution in [3.05, 3.63) is 66.5 Å². The van der Waals surface area contributed by atoms with Crippen molar-refractivity contribution in [3.63, 3.8) is 0 Å². The van der Waals surface area contributed by atoms with Crippen LogP contribution in [0.1, 0.15) is 5.56 Å². The van der Waals surface area contributed by atoms with E-state index >= 15 is 0 Å². The van der Waals surface area contributed by atoms with Crippen LogP contribution in [0.4, 0.5) is 5.69 Å². The number of morpholine rings is 1. The highest BCUT2D eigenvalue weighted by Crippen LogP contribution is 2.29. The van der Waals surface area contributed by atoms with Crippen molar-refractivity contribution in [2.45, 2.75) is 0 Å². The molecule has 1 fully saturated rings. The number of hydrogen-bond donors (Lipinski definition) is 2. The van der Waals surface area contributed by atoms with E-state index < -0.39 is 5.91 Å². The van der Waals surface area contributed by atoms with Gasteiger partial charge in [0.05, 0.1) is 18.9 Å². The van der Waals surface area contributed by atoms with Gasteiger partial charge in [-0.1, -0.05) is 24.1 Å². The molecule has 1 saturated heterocycles. The monoisotopic (exact) mass is 416 g/mol. The Morgan fingerprint density at radius 3 is 2.81 bits per heavy atom. The van der Waals surface area contributed by atoms with Crippen molar-refractivity contribution >= 4 is 11.6 Å². The average molecular weight is 416 g/mol. The summed E-state index contributed by atoms with van der Waals surface area (Å²) in [5.41, 5.74) is 2.18. The van der Waals surface area contributed by atoms with Gasteiger partial charge in [0.2, 0.25) is 0 Å². The highest BCUT2D eigenvalue weighted by atomic mass is 16.5. The van der Waals surface area contributed by atoms with Crippen molar-refractivity contribution < 1.29 is 14.3 Å². The Morgan fingerprint density at radius 2 is 2.03 bits per heavy atom. The minimum atomic E-state index is -0.404. The van der Waals surface area contributed by atoms with Gasteiger partial charge < -0.3 is 19.8 Å². The molecule has 2 aromatic carbocycles. The number of aromatic nitrogens is 2. The summed E-state index contributed by atoms with van der Waals surface area (Å²) in [5.74, 6) is 6.41. The topological polar surface area (TPSA) is 79.5 Å². The summed E-state index contributed by atoms with van der Waals surface area (Å²) in [6.07, 6.45) is 3.44. The molecule has 0 bridgehead atoms. The molecule has 1 amide bonds. The third-order valence-electron chi connectivity index (χ3n) is 4.86. The van der Waals surface area contributed by atoms with Gasteiger partial charge in [-0.15, -0.1) is 0 Å². The minimum Gasteiger partial charge on any atom is -0.490 e. The second-order valence-corrected chi connectivity index (χ2v) is 7.02. The Morgan fingerprint density at radius 1 is 1.19 bits per heavy atom. The lowest BCUT2D eigenvalue weighted by atomic mass is 10.1. The number of hydrogen-bond acceptors (Lipinski definition) is 5.